The Morgan fingerprint density at radius 2 is 1.68 bits per heavy atom. The van der Waals surface area contributed by atoms with Gasteiger partial charge >= 0.3 is 0 Å². The van der Waals surface area contributed by atoms with Gasteiger partial charge in [0.1, 0.15) is 5.82 Å². The van der Waals surface area contributed by atoms with Crippen LogP contribution in [0.5, 0.6) is 0 Å². The molecule has 0 radical (unpaired) electrons. The second-order valence-electron chi connectivity index (χ2n) is 5.44. The molecule has 0 aliphatic rings. The summed E-state index contributed by atoms with van der Waals surface area (Å²) < 4.78 is 39.2. The molecule has 0 aliphatic carbocycles. The largest absolute Gasteiger partial charge is 0.389 e. The third-order valence-corrected chi connectivity index (χ3v) is 4.81. The molecule has 0 bridgehead atoms. The molecule has 1 aromatic carbocycles. The van der Waals surface area contributed by atoms with Crippen molar-refractivity contribution in [1.82, 2.24) is 4.31 Å². The zero-order chi connectivity index (χ0) is 15.0. The molecule has 0 aromatic heterocycles. The van der Waals surface area contributed by atoms with E-state index in [4.69, 9.17) is 0 Å². The first-order chi connectivity index (χ1) is 8.45. The average Bonchev–Trinajstić information content (AvgIpc) is 2.11. The van der Waals surface area contributed by atoms with E-state index in [-0.39, 0.29) is 11.4 Å². The molecular weight excluding hydrogens is 269 g/mol. The summed E-state index contributed by atoms with van der Waals surface area (Å²) >= 11 is 0. The fourth-order valence-electron chi connectivity index (χ4n) is 2.09. The summed E-state index contributed by atoms with van der Waals surface area (Å²) in [5.41, 5.74) is -0.413. The third-order valence-electron chi connectivity index (χ3n) is 2.70. The standard InChI is InChI=1S/C13H20FNO3S/c1-9-6-11(14)7-10(2)12(9)19(17,18)15(5)8-13(3,4)16/h6-7,16H,8H2,1-5H3. The summed E-state index contributed by atoms with van der Waals surface area (Å²) in [5, 5.41) is 9.71. The van der Waals surface area contributed by atoms with E-state index in [1.165, 1.54) is 33.0 Å². The van der Waals surface area contributed by atoms with Crippen molar-refractivity contribution < 1.29 is 17.9 Å². The van der Waals surface area contributed by atoms with Gasteiger partial charge in [0, 0.05) is 13.6 Å². The molecular formula is C13H20FNO3S. The van der Waals surface area contributed by atoms with Crippen LogP contribution in [-0.4, -0.2) is 37.0 Å². The molecule has 4 nitrogen and oxygen atoms in total. The van der Waals surface area contributed by atoms with Crippen LogP contribution in [0, 0.1) is 19.7 Å². The van der Waals surface area contributed by atoms with Crippen molar-refractivity contribution >= 4 is 10.0 Å². The molecule has 108 valence electrons. The zero-order valence-electron chi connectivity index (χ0n) is 11.9. The number of hydrogen-bond acceptors (Lipinski definition) is 3. The first-order valence-electron chi connectivity index (χ1n) is 5.90. The molecule has 0 atom stereocenters. The highest BCUT2D eigenvalue weighted by Gasteiger charge is 2.29. The number of aliphatic hydroxyl groups is 1. The van der Waals surface area contributed by atoms with Crippen LogP contribution < -0.4 is 0 Å². The summed E-state index contributed by atoms with van der Waals surface area (Å²) in [5.74, 6) is -0.459. The second kappa shape index (κ2) is 5.19. The number of rotatable bonds is 4. The maximum absolute atomic E-state index is 13.2. The van der Waals surface area contributed by atoms with Crippen LogP contribution in [0.25, 0.3) is 0 Å². The summed E-state index contributed by atoms with van der Waals surface area (Å²) in [7, 11) is -2.35. The fourth-order valence-corrected chi connectivity index (χ4v) is 3.82. The minimum Gasteiger partial charge on any atom is -0.389 e. The van der Waals surface area contributed by atoms with Crippen LogP contribution in [0.2, 0.25) is 0 Å². The molecule has 1 N–H and O–H groups in total. The van der Waals surface area contributed by atoms with Crippen LogP contribution in [0.15, 0.2) is 17.0 Å². The molecule has 0 saturated carbocycles. The van der Waals surface area contributed by atoms with E-state index in [2.05, 4.69) is 0 Å². The van der Waals surface area contributed by atoms with Gasteiger partial charge in [-0.2, -0.15) is 4.31 Å². The zero-order valence-corrected chi connectivity index (χ0v) is 12.7. The van der Waals surface area contributed by atoms with Gasteiger partial charge in [0.2, 0.25) is 10.0 Å². The maximum Gasteiger partial charge on any atom is 0.243 e. The minimum absolute atomic E-state index is 0.0361. The molecule has 0 fully saturated rings. The number of aryl methyl sites for hydroxylation is 2. The number of likely N-dealkylation sites (N-methyl/N-ethyl adjacent to an activating group) is 1. The monoisotopic (exact) mass is 289 g/mol. The van der Waals surface area contributed by atoms with Gasteiger partial charge in [0.15, 0.2) is 0 Å². The lowest BCUT2D eigenvalue weighted by molar-refractivity contribution is 0.0639. The van der Waals surface area contributed by atoms with Crippen molar-refractivity contribution in [3.05, 3.63) is 29.1 Å². The molecule has 0 heterocycles. The summed E-state index contributed by atoms with van der Waals surface area (Å²) in [6.45, 7) is 6.14. The first kappa shape index (κ1) is 16.1. The highest BCUT2D eigenvalue weighted by molar-refractivity contribution is 7.89. The molecule has 0 saturated heterocycles. The van der Waals surface area contributed by atoms with Crippen molar-refractivity contribution in [2.45, 2.75) is 38.2 Å². The van der Waals surface area contributed by atoms with Gasteiger partial charge < -0.3 is 5.11 Å². The molecule has 6 heteroatoms. The number of sulfonamides is 1. The number of hydrogen-bond donors (Lipinski definition) is 1. The Labute approximate surface area is 113 Å². The maximum atomic E-state index is 13.2. The van der Waals surface area contributed by atoms with E-state index in [9.17, 15) is 17.9 Å². The molecule has 0 spiro atoms. The Balaban J connectivity index is 3.29. The predicted molar refractivity (Wildman–Crippen MR) is 72.0 cm³/mol. The van der Waals surface area contributed by atoms with Gasteiger partial charge in [-0.25, -0.2) is 12.8 Å². The topological polar surface area (TPSA) is 57.6 Å². The van der Waals surface area contributed by atoms with Crippen LogP contribution in [0.3, 0.4) is 0 Å². The molecule has 19 heavy (non-hydrogen) atoms. The summed E-state index contributed by atoms with van der Waals surface area (Å²) in [4.78, 5) is 0.0978. The number of benzene rings is 1. The van der Waals surface area contributed by atoms with E-state index in [0.717, 1.165) is 4.31 Å². The number of nitrogens with zero attached hydrogens (tertiary/aromatic N) is 1. The van der Waals surface area contributed by atoms with Crippen molar-refractivity contribution in [3.63, 3.8) is 0 Å². The Hall–Kier alpha value is -0.980. The van der Waals surface area contributed by atoms with Gasteiger partial charge in [-0.15, -0.1) is 0 Å². The van der Waals surface area contributed by atoms with Crippen LogP contribution in [-0.2, 0) is 10.0 Å². The average molecular weight is 289 g/mol. The second-order valence-corrected chi connectivity index (χ2v) is 7.42. The highest BCUT2D eigenvalue weighted by Crippen LogP contribution is 2.25. The van der Waals surface area contributed by atoms with Gasteiger partial charge in [0.05, 0.1) is 10.5 Å². The summed E-state index contributed by atoms with van der Waals surface area (Å²) in [6.07, 6.45) is 0. The molecule has 0 amide bonds. The van der Waals surface area contributed by atoms with Crippen molar-refractivity contribution in [1.29, 1.82) is 0 Å². The normalized spacial score (nSPS) is 13.1. The Bertz CT molecular complexity index is 553. The Morgan fingerprint density at radius 1 is 1.26 bits per heavy atom. The lowest BCUT2D eigenvalue weighted by Crippen LogP contribution is -2.40. The third kappa shape index (κ3) is 3.75. The highest BCUT2D eigenvalue weighted by atomic mass is 32.2. The van der Waals surface area contributed by atoms with Crippen molar-refractivity contribution in [2.24, 2.45) is 0 Å². The first-order valence-corrected chi connectivity index (χ1v) is 7.34. The quantitative estimate of drug-likeness (QED) is 0.920. The lowest BCUT2D eigenvalue weighted by Gasteiger charge is -2.26. The van der Waals surface area contributed by atoms with E-state index in [0.29, 0.717) is 11.1 Å². The molecule has 1 rings (SSSR count). The van der Waals surface area contributed by atoms with Crippen LogP contribution >= 0.6 is 0 Å². The van der Waals surface area contributed by atoms with E-state index in [1.54, 1.807) is 13.8 Å². The lowest BCUT2D eigenvalue weighted by atomic mass is 10.1. The van der Waals surface area contributed by atoms with E-state index >= 15 is 0 Å². The molecule has 0 unspecified atom stereocenters. The Morgan fingerprint density at radius 3 is 2.05 bits per heavy atom. The number of halogens is 1. The van der Waals surface area contributed by atoms with Gasteiger partial charge in [0.25, 0.3) is 0 Å². The molecule has 1 aromatic rings. The predicted octanol–water partition coefficient (Wildman–Crippen LogP) is 1.83. The van der Waals surface area contributed by atoms with Gasteiger partial charge in [-0.05, 0) is 51.0 Å². The van der Waals surface area contributed by atoms with Crippen LogP contribution in [0.4, 0.5) is 4.39 Å². The van der Waals surface area contributed by atoms with Crippen molar-refractivity contribution in [3.8, 4) is 0 Å². The minimum atomic E-state index is -3.74. The van der Waals surface area contributed by atoms with Crippen molar-refractivity contribution in [2.75, 3.05) is 13.6 Å². The van der Waals surface area contributed by atoms with E-state index < -0.39 is 21.4 Å². The van der Waals surface area contributed by atoms with E-state index in [1.807, 2.05) is 0 Å². The van der Waals surface area contributed by atoms with Gasteiger partial charge in [-0.1, -0.05) is 0 Å². The Kier molecular flexibility index (Phi) is 4.39. The SMILES string of the molecule is Cc1cc(F)cc(C)c1S(=O)(=O)N(C)CC(C)(C)O. The smallest absolute Gasteiger partial charge is 0.243 e. The molecule has 0 aliphatic heterocycles. The van der Waals surface area contributed by atoms with Gasteiger partial charge in [-0.3, -0.25) is 0 Å². The summed E-state index contributed by atoms with van der Waals surface area (Å²) in [6, 6.07) is 2.38. The van der Waals surface area contributed by atoms with Crippen LogP contribution in [0.1, 0.15) is 25.0 Å². The fraction of sp³-hybridized carbons (Fsp3) is 0.538.